The van der Waals surface area contributed by atoms with Gasteiger partial charge in [-0.1, -0.05) is 26.0 Å². The van der Waals surface area contributed by atoms with E-state index in [0.717, 1.165) is 4.57 Å². The molecule has 3 N–H and O–H groups in total. The number of nitrogens with zero attached hydrogens (tertiary/aromatic N) is 1. The second-order valence-electron chi connectivity index (χ2n) is 5.95. The molecule has 0 radical (unpaired) electrons. The lowest BCUT2D eigenvalue weighted by atomic mass is 10.0. The fourth-order valence-electron chi connectivity index (χ4n) is 2.42. The van der Waals surface area contributed by atoms with E-state index in [0.29, 0.717) is 5.52 Å². The second-order valence-corrected chi connectivity index (χ2v) is 5.95. The average molecular weight is 333 g/mol. The van der Waals surface area contributed by atoms with E-state index in [1.807, 2.05) is 13.8 Å². The highest BCUT2D eigenvalue weighted by molar-refractivity contribution is 5.83. The van der Waals surface area contributed by atoms with E-state index >= 15 is 0 Å². The second kappa shape index (κ2) is 7.12. The number of aromatic amines is 1. The number of carbonyl (C=O) groups excluding carboxylic acids is 1. The number of amides is 1. The maximum Gasteiger partial charge on any atom is 0.329 e. The molecule has 2 aromatic rings. The van der Waals surface area contributed by atoms with Gasteiger partial charge in [0.2, 0.25) is 5.91 Å². The van der Waals surface area contributed by atoms with Gasteiger partial charge in [-0.2, -0.15) is 0 Å². The molecule has 1 atom stereocenters. The molecule has 0 bridgehead atoms. The zero-order valence-electron chi connectivity index (χ0n) is 13.4. The first-order valence-corrected chi connectivity index (χ1v) is 7.53. The zero-order chi connectivity index (χ0) is 17.9. The van der Waals surface area contributed by atoms with Crippen molar-refractivity contribution in [2.24, 2.45) is 5.92 Å². The summed E-state index contributed by atoms with van der Waals surface area (Å²) in [6.07, 6.45) is 0.254. The summed E-state index contributed by atoms with van der Waals surface area (Å²) in [6, 6.07) is 5.40. The van der Waals surface area contributed by atoms with Crippen LogP contribution in [0, 0.1) is 5.92 Å². The van der Waals surface area contributed by atoms with Gasteiger partial charge in [0, 0.05) is 0 Å². The summed E-state index contributed by atoms with van der Waals surface area (Å²) in [4.78, 5) is 50.1. The molecule has 0 saturated heterocycles. The van der Waals surface area contributed by atoms with E-state index < -0.39 is 35.7 Å². The number of nitrogens with one attached hydrogen (secondary N) is 2. The van der Waals surface area contributed by atoms with E-state index in [4.69, 9.17) is 5.11 Å². The molecule has 0 saturated carbocycles. The number of para-hydroxylation sites is 1. The molecule has 1 aromatic carbocycles. The number of benzene rings is 1. The van der Waals surface area contributed by atoms with Crippen molar-refractivity contribution in [1.82, 2.24) is 14.9 Å². The van der Waals surface area contributed by atoms with E-state index in [1.165, 1.54) is 0 Å². The summed E-state index contributed by atoms with van der Waals surface area (Å²) in [6.45, 7) is 3.13. The maximum atomic E-state index is 12.3. The maximum absolute atomic E-state index is 12.3. The van der Waals surface area contributed by atoms with E-state index in [9.17, 15) is 19.2 Å². The number of hydrogen-bond acceptors (Lipinski definition) is 4. The fraction of sp³-hybridized carbons (Fsp3) is 0.375. The molecular formula is C16H19N3O5. The Morgan fingerprint density at radius 1 is 1.25 bits per heavy atom. The minimum Gasteiger partial charge on any atom is -0.480 e. The SMILES string of the molecule is CC(C)C[C@@H](NC(=O)Cn1c(=O)[nH]c2ccccc2c1=O)C(=O)O. The molecule has 0 fully saturated rings. The number of hydrogen-bond donors (Lipinski definition) is 3. The Bertz CT molecular complexity index is 881. The molecular weight excluding hydrogens is 314 g/mol. The van der Waals surface area contributed by atoms with E-state index in [-0.39, 0.29) is 17.7 Å². The monoisotopic (exact) mass is 333 g/mol. The van der Waals surface area contributed by atoms with Gasteiger partial charge in [0.25, 0.3) is 5.56 Å². The molecule has 2 rings (SSSR count). The highest BCUT2D eigenvalue weighted by Gasteiger charge is 2.22. The molecule has 0 unspecified atom stereocenters. The molecule has 0 aliphatic heterocycles. The van der Waals surface area contributed by atoms with Gasteiger partial charge in [-0.3, -0.25) is 14.2 Å². The van der Waals surface area contributed by atoms with Gasteiger partial charge in [0.15, 0.2) is 0 Å². The molecule has 1 heterocycles. The van der Waals surface area contributed by atoms with Crippen LogP contribution >= 0.6 is 0 Å². The van der Waals surface area contributed by atoms with Crippen molar-refractivity contribution in [1.29, 1.82) is 0 Å². The standard InChI is InChI=1S/C16H19N3O5/c1-9(2)7-12(15(22)23)17-13(20)8-19-14(21)10-5-3-4-6-11(10)18-16(19)24/h3-6,9,12H,7-8H2,1-2H3,(H,17,20)(H,18,24)(H,22,23)/t12-/m1/s1. The average Bonchev–Trinajstić information content (AvgIpc) is 2.50. The van der Waals surface area contributed by atoms with Crippen LogP contribution in [0.3, 0.4) is 0 Å². The van der Waals surface area contributed by atoms with E-state index in [1.54, 1.807) is 24.3 Å². The number of H-pyrrole nitrogens is 1. The van der Waals surface area contributed by atoms with Crippen LogP contribution in [-0.2, 0) is 16.1 Å². The van der Waals surface area contributed by atoms with Crippen molar-refractivity contribution >= 4 is 22.8 Å². The van der Waals surface area contributed by atoms with Gasteiger partial charge in [-0.15, -0.1) is 0 Å². The predicted molar refractivity (Wildman–Crippen MR) is 87.9 cm³/mol. The fourth-order valence-corrected chi connectivity index (χ4v) is 2.42. The number of rotatable bonds is 6. The smallest absolute Gasteiger partial charge is 0.329 e. The lowest BCUT2D eigenvalue weighted by Gasteiger charge is -2.16. The Morgan fingerprint density at radius 3 is 2.54 bits per heavy atom. The van der Waals surface area contributed by atoms with Crippen LogP contribution in [0.4, 0.5) is 0 Å². The van der Waals surface area contributed by atoms with Crippen LogP contribution in [0.25, 0.3) is 10.9 Å². The summed E-state index contributed by atoms with van der Waals surface area (Å²) < 4.78 is 0.756. The molecule has 1 amide bonds. The number of carboxylic acid groups (broad SMARTS) is 1. The molecule has 8 nitrogen and oxygen atoms in total. The van der Waals surface area contributed by atoms with Gasteiger partial charge in [0.1, 0.15) is 12.6 Å². The Labute approximate surface area is 137 Å². The normalized spacial score (nSPS) is 12.3. The third-order valence-corrected chi connectivity index (χ3v) is 3.53. The van der Waals surface area contributed by atoms with Crippen molar-refractivity contribution < 1.29 is 14.7 Å². The Balaban J connectivity index is 2.26. The summed E-state index contributed by atoms with van der Waals surface area (Å²) in [7, 11) is 0. The summed E-state index contributed by atoms with van der Waals surface area (Å²) in [5, 5.41) is 11.8. The number of carbonyl (C=O) groups is 2. The highest BCUT2D eigenvalue weighted by Crippen LogP contribution is 2.05. The highest BCUT2D eigenvalue weighted by atomic mass is 16.4. The van der Waals surface area contributed by atoms with Crippen molar-refractivity contribution in [3.05, 3.63) is 45.1 Å². The lowest BCUT2D eigenvalue weighted by molar-refractivity contribution is -0.142. The number of carboxylic acids is 1. The quantitative estimate of drug-likeness (QED) is 0.702. The van der Waals surface area contributed by atoms with Gasteiger partial charge in [-0.05, 0) is 24.5 Å². The lowest BCUT2D eigenvalue weighted by Crippen LogP contribution is -2.46. The van der Waals surface area contributed by atoms with Crippen LogP contribution in [0.2, 0.25) is 0 Å². The minimum atomic E-state index is -1.16. The largest absolute Gasteiger partial charge is 0.480 e. The van der Waals surface area contributed by atoms with Crippen LogP contribution in [-0.4, -0.2) is 32.6 Å². The van der Waals surface area contributed by atoms with Gasteiger partial charge in [-0.25, -0.2) is 9.59 Å². The first kappa shape index (κ1) is 17.5. The molecule has 24 heavy (non-hydrogen) atoms. The molecule has 8 heteroatoms. The minimum absolute atomic E-state index is 0.0678. The van der Waals surface area contributed by atoms with Crippen molar-refractivity contribution in [2.75, 3.05) is 0 Å². The van der Waals surface area contributed by atoms with Crippen molar-refractivity contribution in [3.8, 4) is 0 Å². The summed E-state index contributed by atoms with van der Waals surface area (Å²) in [5.74, 6) is -1.79. The van der Waals surface area contributed by atoms with Crippen LogP contribution < -0.4 is 16.6 Å². The van der Waals surface area contributed by atoms with E-state index in [2.05, 4.69) is 10.3 Å². The van der Waals surface area contributed by atoms with Crippen LogP contribution in [0.5, 0.6) is 0 Å². The summed E-state index contributed by atoms with van der Waals surface area (Å²) in [5.41, 5.74) is -0.933. The molecule has 0 aliphatic carbocycles. The predicted octanol–water partition coefficient (Wildman–Crippen LogP) is 0.305. The van der Waals surface area contributed by atoms with Gasteiger partial charge >= 0.3 is 11.7 Å². The molecule has 1 aromatic heterocycles. The summed E-state index contributed by atoms with van der Waals surface area (Å²) >= 11 is 0. The van der Waals surface area contributed by atoms with Crippen LogP contribution in [0.15, 0.2) is 33.9 Å². The topological polar surface area (TPSA) is 121 Å². The van der Waals surface area contributed by atoms with Gasteiger partial charge < -0.3 is 15.4 Å². The first-order chi connectivity index (χ1) is 11.3. The third-order valence-electron chi connectivity index (χ3n) is 3.53. The van der Waals surface area contributed by atoms with Gasteiger partial charge in [0.05, 0.1) is 10.9 Å². The zero-order valence-corrected chi connectivity index (χ0v) is 13.4. The Kier molecular flexibility index (Phi) is 5.18. The molecule has 0 aliphatic rings. The number of aliphatic carboxylic acids is 1. The first-order valence-electron chi connectivity index (χ1n) is 7.53. The Hall–Kier alpha value is -2.90. The number of aromatic nitrogens is 2. The number of fused-ring (bicyclic) bond motifs is 1. The van der Waals surface area contributed by atoms with Crippen LogP contribution in [0.1, 0.15) is 20.3 Å². The molecule has 0 spiro atoms. The van der Waals surface area contributed by atoms with Crippen molar-refractivity contribution in [2.45, 2.75) is 32.9 Å². The Morgan fingerprint density at radius 2 is 1.92 bits per heavy atom. The third kappa shape index (κ3) is 3.89. The van der Waals surface area contributed by atoms with Crippen molar-refractivity contribution in [3.63, 3.8) is 0 Å². The molecule has 128 valence electrons.